The van der Waals surface area contributed by atoms with Gasteiger partial charge in [0.1, 0.15) is 23.0 Å². The number of benzene rings is 3. The molecule has 0 amide bonds. The minimum Gasteiger partial charge on any atom is -0.497 e. The van der Waals surface area contributed by atoms with Gasteiger partial charge in [-0.1, -0.05) is 24.3 Å². The monoisotopic (exact) mass is 393 g/mol. The van der Waals surface area contributed by atoms with Crippen LogP contribution in [0, 0.1) is 6.07 Å². The van der Waals surface area contributed by atoms with E-state index in [0.29, 0.717) is 17.9 Å². The number of rotatable bonds is 8. The van der Waals surface area contributed by atoms with Gasteiger partial charge in [0, 0.05) is 23.8 Å². The molecule has 151 valence electrons. The summed E-state index contributed by atoms with van der Waals surface area (Å²) < 4.78 is 22.1. The second-order valence-electron chi connectivity index (χ2n) is 6.35. The Balaban J connectivity index is 2.28. The molecule has 0 saturated carbocycles. The number of hydrogen-bond acceptors (Lipinski definition) is 5. The fourth-order valence-corrected chi connectivity index (χ4v) is 3.34. The quantitative estimate of drug-likeness (QED) is 0.615. The van der Waals surface area contributed by atoms with E-state index >= 15 is 0 Å². The summed E-state index contributed by atoms with van der Waals surface area (Å²) in [5.74, 6) is 2.82. The topological polar surface area (TPSA) is 57.2 Å². The maximum atomic E-state index is 9.59. The molecule has 0 aliphatic carbocycles. The predicted octanol–water partition coefficient (Wildman–Crippen LogP) is 4.39. The third-order valence-electron chi connectivity index (χ3n) is 4.76. The van der Waals surface area contributed by atoms with Crippen molar-refractivity contribution in [3.8, 4) is 45.3 Å². The Morgan fingerprint density at radius 2 is 1.21 bits per heavy atom. The van der Waals surface area contributed by atoms with E-state index in [1.54, 1.807) is 28.4 Å². The summed E-state index contributed by atoms with van der Waals surface area (Å²) in [4.78, 5) is 0. The maximum Gasteiger partial charge on any atom is 0.138 e. The molecule has 5 heteroatoms. The van der Waals surface area contributed by atoms with Gasteiger partial charge in [0.05, 0.1) is 34.0 Å². The molecule has 0 heterocycles. The summed E-state index contributed by atoms with van der Waals surface area (Å²) >= 11 is 0. The van der Waals surface area contributed by atoms with Crippen molar-refractivity contribution in [1.82, 2.24) is 0 Å². The number of aliphatic hydroxyl groups is 1. The van der Waals surface area contributed by atoms with E-state index in [1.807, 2.05) is 48.5 Å². The zero-order valence-electron chi connectivity index (χ0n) is 17.1. The molecule has 0 bridgehead atoms. The molecule has 29 heavy (non-hydrogen) atoms. The molecule has 3 aromatic carbocycles. The molecule has 0 unspecified atom stereocenters. The van der Waals surface area contributed by atoms with E-state index in [9.17, 15) is 5.11 Å². The summed E-state index contributed by atoms with van der Waals surface area (Å²) in [6.07, 6.45) is 0.416. The van der Waals surface area contributed by atoms with Crippen molar-refractivity contribution in [3.63, 3.8) is 0 Å². The van der Waals surface area contributed by atoms with Gasteiger partial charge in [-0.25, -0.2) is 0 Å². The van der Waals surface area contributed by atoms with Crippen molar-refractivity contribution >= 4 is 0 Å². The van der Waals surface area contributed by atoms with Crippen LogP contribution in [0.5, 0.6) is 23.0 Å². The average molecular weight is 393 g/mol. The molecular formula is C24H25O5. The number of hydrogen-bond donors (Lipinski definition) is 1. The van der Waals surface area contributed by atoms with Crippen molar-refractivity contribution in [2.75, 3.05) is 35.0 Å². The summed E-state index contributed by atoms with van der Waals surface area (Å²) in [5.41, 5.74) is 4.24. The van der Waals surface area contributed by atoms with Gasteiger partial charge < -0.3 is 24.1 Å². The zero-order valence-corrected chi connectivity index (χ0v) is 17.1. The predicted molar refractivity (Wildman–Crippen MR) is 113 cm³/mol. The van der Waals surface area contributed by atoms with Crippen LogP contribution in [0.25, 0.3) is 22.3 Å². The highest BCUT2D eigenvalue weighted by Crippen LogP contribution is 2.47. The fourth-order valence-electron chi connectivity index (χ4n) is 3.34. The molecule has 3 aromatic rings. The minimum atomic E-state index is -0.0106. The van der Waals surface area contributed by atoms with Crippen LogP contribution in [0.2, 0.25) is 0 Å². The Kier molecular flexibility index (Phi) is 6.62. The summed E-state index contributed by atoms with van der Waals surface area (Å²) in [6, 6.07) is 18.8. The van der Waals surface area contributed by atoms with Crippen LogP contribution in [-0.4, -0.2) is 40.2 Å². The molecule has 0 atom stereocenters. The van der Waals surface area contributed by atoms with E-state index in [2.05, 4.69) is 6.07 Å². The first-order valence-corrected chi connectivity index (χ1v) is 9.26. The van der Waals surface area contributed by atoms with Gasteiger partial charge in [0.25, 0.3) is 0 Å². The third-order valence-corrected chi connectivity index (χ3v) is 4.76. The first kappa shape index (κ1) is 20.6. The van der Waals surface area contributed by atoms with E-state index < -0.39 is 0 Å². The van der Waals surface area contributed by atoms with Gasteiger partial charge in [-0.2, -0.15) is 0 Å². The molecule has 0 aromatic heterocycles. The van der Waals surface area contributed by atoms with E-state index in [1.165, 1.54) is 0 Å². The van der Waals surface area contributed by atoms with E-state index in [0.717, 1.165) is 39.3 Å². The summed E-state index contributed by atoms with van der Waals surface area (Å²) in [6.45, 7) is -0.0106. The molecule has 0 spiro atoms. The van der Waals surface area contributed by atoms with Crippen molar-refractivity contribution in [1.29, 1.82) is 0 Å². The van der Waals surface area contributed by atoms with Crippen LogP contribution in [0.15, 0.2) is 48.5 Å². The summed E-state index contributed by atoms with van der Waals surface area (Å²) in [7, 11) is 6.52. The van der Waals surface area contributed by atoms with Crippen LogP contribution in [0.3, 0.4) is 0 Å². The first-order chi connectivity index (χ1) is 14.2. The molecular weight excluding hydrogens is 368 g/mol. The fraction of sp³-hybridized carbons (Fsp3) is 0.250. The van der Waals surface area contributed by atoms with Crippen molar-refractivity contribution in [3.05, 3.63) is 60.2 Å². The van der Waals surface area contributed by atoms with Gasteiger partial charge in [0.15, 0.2) is 0 Å². The maximum absolute atomic E-state index is 9.59. The Morgan fingerprint density at radius 3 is 1.66 bits per heavy atom. The highest BCUT2D eigenvalue weighted by Gasteiger charge is 2.22. The highest BCUT2D eigenvalue weighted by molar-refractivity contribution is 5.88. The van der Waals surface area contributed by atoms with Crippen LogP contribution in [0.1, 0.15) is 5.56 Å². The van der Waals surface area contributed by atoms with Crippen molar-refractivity contribution in [2.24, 2.45) is 0 Å². The van der Waals surface area contributed by atoms with Crippen molar-refractivity contribution in [2.45, 2.75) is 6.42 Å². The molecule has 3 rings (SSSR count). The number of methoxy groups -OCH3 is 4. The van der Waals surface area contributed by atoms with E-state index in [-0.39, 0.29) is 6.61 Å². The summed E-state index contributed by atoms with van der Waals surface area (Å²) in [5, 5.41) is 9.59. The number of ether oxygens (including phenoxy) is 4. The molecule has 1 radical (unpaired) electrons. The van der Waals surface area contributed by atoms with Crippen LogP contribution in [-0.2, 0) is 6.42 Å². The Labute approximate surface area is 171 Å². The second kappa shape index (κ2) is 9.34. The van der Waals surface area contributed by atoms with Gasteiger partial charge in [-0.15, -0.1) is 0 Å². The van der Waals surface area contributed by atoms with Gasteiger partial charge >= 0.3 is 0 Å². The lowest BCUT2D eigenvalue weighted by atomic mass is 9.92. The highest BCUT2D eigenvalue weighted by atomic mass is 16.5. The first-order valence-electron chi connectivity index (χ1n) is 9.26. The third kappa shape index (κ3) is 4.15. The van der Waals surface area contributed by atoms with E-state index in [4.69, 9.17) is 18.9 Å². The molecule has 0 saturated heterocycles. The molecule has 0 fully saturated rings. The van der Waals surface area contributed by atoms with Crippen LogP contribution >= 0.6 is 0 Å². The molecule has 1 N–H and O–H groups in total. The van der Waals surface area contributed by atoms with Gasteiger partial charge in [-0.05, 0) is 41.8 Å². The Morgan fingerprint density at radius 1 is 0.690 bits per heavy atom. The van der Waals surface area contributed by atoms with Crippen LogP contribution < -0.4 is 18.9 Å². The minimum absolute atomic E-state index is 0.0106. The normalized spacial score (nSPS) is 10.5. The second-order valence-corrected chi connectivity index (χ2v) is 6.35. The Hall–Kier alpha value is -3.18. The van der Waals surface area contributed by atoms with Crippen LogP contribution in [0.4, 0.5) is 0 Å². The lowest BCUT2D eigenvalue weighted by Crippen LogP contribution is -2.03. The lowest BCUT2D eigenvalue weighted by Gasteiger charge is -2.21. The largest absolute Gasteiger partial charge is 0.497 e. The molecule has 0 aliphatic heterocycles. The molecule has 5 nitrogen and oxygen atoms in total. The molecule has 0 aliphatic rings. The van der Waals surface area contributed by atoms with Gasteiger partial charge in [-0.3, -0.25) is 0 Å². The smallest absolute Gasteiger partial charge is 0.138 e. The average Bonchev–Trinajstić information content (AvgIpc) is 2.78. The Bertz CT molecular complexity index is 947. The zero-order chi connectivity index (χ0) is 20.8. The standard InChI is InChI=1S/C24H25O5/c1-26-19-9-5-16(6-10-19)21-15-18(13-14-25)23(28-3)22(24(21)29-4)17-7-11-20(27-2)12-8-17/h5-12,25H,13-14H2,1-4H3. The SMILES string of the molecule is COc1ccc(-c2[c]c(CCO)c(OC)c(-c3ccc(OC)cc3)c2OC)cc1. The van der Waals surface area contributed by atoms with Crippen molar-refractivity contribution < 1.29 is 24.1 Å². The number of aliphatic hydroxyl groups excluding tert-OH is 1. The lowest BCUT2D eigenvalue weighted by molar-refractivity contribution is 0.296. The van der Waals surface area contributed by atoms with Gasteiger partial charge in [0.2, 0.25) is 0 Å².